The summed E-state index contributed by atoms with van der Waals surface area (Å²) in [4.78, 5) is 19.3. The number of H-pyrrole nitrogens is 1. The van der Waals surface area contributed by atoms with Crippen LogP contribution in [0.5, 0.6) is 0 Å². The lowest BCUT2D eigenvalue weighted by Crippen LogP contribution is -2.28. The van der Waals surface area contributed by atoms with Crippen LogP contribution in [0, 0.1) is 13.8 Å². The average Bonchev–Trinajstić information content (AvgIpc) is 2.36. The van der Waals surface area contributed by atoms with Gasteiger partial charge in [-0.3, -0.25) is 4.79 Å². The standard InChI is InChI=1S/C15H18N2O/c1-10-11(2)16-14(17-13(10)18)15(3,4)12-8-6-5-7-9-12/h5-9H,1-4H3,(H,16,17,18). The lowest BCUT2D eigenvalue weighted by molar-refractivity contribution is 0.582. The van der Waals surface area contributed by atoms with Crippen molar-refractivity contribution in [3.63, 3.8) is 0 Å². The summed E-state index contributed by atoms with van der Waals surface area (Å²) in [6, 6.07) is 10.1. The molecule has 0 fully saturated rings. The smallest absolute Gasteiger partial charge is 0.254 e. The molecule has 3 heteroatoms. The number of hydrogen-bond donors (Lipinski definition) is 1. The van der Waals surface area contributed by atoms with Gasteiger partial charge in [-0.05, 0) is 33.3 Å². The summed E-state index contributed by atoms with van der Waals surface area (Å²) in [7, 11) is 0. The topological polar surface area (TPSA) is 45.8 Å². The first-order valence-corrected chi connectivity index (χ1v) is 6.06. The zero-order valence-corrected chi connectivity index (χ0v) is 11.2. The van der Waals surface area contributed by atoms with E-state index in [4.69, 9.17) is 0 Å². The Bertz CT molecular complexity index is 612. The monoisotopic (exact) mass is 242 g/mol. The van der Waals surface area contributed by atoms with E-state index in [-0.39, 0.29) is 11.0 Å². The van der Waals surface area contributed by atoms with Crippen molar-refractivity contribution in [2.75, 3.05) is 0 Å². The largest absolute Gasteiger partial charge is 0.310 e. The number of hydrogen-bond acceptors (Lipinski definition) is 2. The van der Waals surface area contributed by atoms with Crippen LogP contribution in [-0.2, 0) is 5.41 Å². The fourth-order valence-electron chi connectivity index (χ4n) is 1.93. The van der Waals surface area contributed by atoms with E-state index >= 15 is 0 Å². The quantitative estimate of drug-likeness (QED) is 0.880. The number of aromatic amines is 1. The van der Waals surface area contributed by atoms with Gasteiger partial charge in [0, 0.05) is 16.7 Å². The molecule has 0 aliphatic heterocycles. The number of aromatic nitrogens is 2. The van der Waals surface area contributed by atoms with Gasteiger partial charge in [-0.15, -0.1) is 0 Å². The van der Waals surface area contributed by atoms with E-state index in [0.717, 1.165) is 11.3 Å². The number of nitrogens with one attached hydrogen (secondary N) is 1. The summed E-state index contributed by atoms with van der Waals surface area (Å²) >= 11 is 0. The van der Waals surface area contributed by atoms with Crippen LogP contribution in [0.15, 0.2) is 35.1 Å². The molecule has 0 aliphatic rings. The summed E-state index contributed by atoms with van der Waals surface area (Å²) in [6.45, 7) is 7.79. The van der Waals surface area contributed by atoms with E-state index in [0.29, 0.717) is 11.4 Å². The highest BCUT2D eigenvalue weighted by Gasteiger charge is 2.26. The van der Waals surface area contributed by atoms with Gasteiger partial charge in [0.15, 0.2) is 0 Å². The van der Waals surface area contributed by atoms with E-state index in [2.05, 4.69) is 35.9 Å². The average molecular weight is 242 g/mol. The van der Waals surface area contributed by atoms with E-state index in [1.54, 1.807) is 6.92 Å². The van der Waals surface area contributed by atoms with Crippen LogP contribution in [0.1, 0.15) is 36.5 Å². The third kappa shape index (κ3) is 2.08. The molecule has 0 atom stereocenters. The lowest BCUT2D eigenvalue weighted by atomic mass is 9.83. The van der Waals surface area contributed by atoms with Gasteiger partial charge in [0.1, 0.15) is 5.82 Å². The van der Waals surface area contributed by atoms with Gasteiger partial charge in [0.05, 0.1) is 0 Å². The fourth-order valence-corrected chi connectivity index (χ4v) is 1.93. The van der Waals surface area contributed by atoms with Crippen molar-refractivity contribution in [2.45, 2.75) is 33.1 Å². The van der Waals surface area contributed by atoms with Crippen molar-refractivity contribution in [1.82, 2.24) is 9.97 Å². The third-order valence-corrected chi connectivity index (χ3v) is 3.48. The number of aryl methyl sites for hydroxylation is 1. The van der Waals surface area contributed by atoms with Crippen molar-refractivity contribution < 1.29 is 0 Å². The first-order chi connectivity index (χ1) is 8.43. The molecule has 0 aliphatic carbocycles. The van der Waals surface area contributed by atoms with Crippen molar-refractivity contribution in [1.29, 1.82) is 0 Å². The summed E-state index contributed by atoms with van der Waals surface area (Å²) in [5.74, 6) is 0.710. The Kier molecular flexibility index (Phi) is 3.07. The SMILES string of the molecule is Cc1nc(C(C)(C)c2ccccc2)[nH]c(=O)c1C. The van der Waals surface area contributed by atoms with E-state index in [1.807, 2.05) is 25.1 Å². The van der Waals surface area contributed by atoms with Gasteiger partial charge in [0.2, 0.25) is 0 Å². The minimum Gasteiger partial charge on any atom is -0.310 e. The van der Waals surface area contributed by atoms with Gasteiger partial charge in [0.25, 0.3) is 5.56 Å². The maximum absolute atomic E-state index is 11.8. The highest BCUT2D eigenvalue weighted by atomic mass is 16.1. The van der Waals surface area contributed by atoms with E-state index in [9.17, 15) is 4.79 Å². The summed E-state index contributed by atoms with van der Waals surface area (Å²) < 4.78 is 0. The zero-order valence-electron chi connectivity index (χ0n) is 11.2. The van der Waals surface area contributed by atoms with Crippen LogP contribution < -0.4 is 5.56 Å². The molecule has 18 heavy (non-hydrogen) atoms. The molecular weight excluding hydrogens is 224 g/mol. The molecule has 3 nitrogen and oxygen atoms in total. The van der Waals surface area contributed by atoms with Gasteiger partial charge < -0.3 is 4.98 Å². The number of rotatable bonds is 2. The van der Waals surface area contributed by atoms with E-state index < -0.39 is 0 Å². The van der Waals surface area contributed by atoms with Crippen LogP contribution in [0.3, 0.4) is 0 Å². The minimum absolute atomic E-state index is 0.0542. The Morgan fingerprint density at radius 2 is 1.72 bits per heavy atom. The first kappa shape index (κ1) is 12.6. The molecule has 0 bridgehead atoms. The van der Waals surface area contributed by atoms with Crippen molar-refractivity contribution in [2.24, 2.45) is 0 Å². The Morgan fingerprint density at radius 1 is 1.11 bits per heavy atom. The Balaban J connectivity index is 2.58. The van der Waals surface area contributed by atoms with Gasteiger partial charge in [-0.1, -0.05) is 30.3 Å². The minimum atomic E-state index is -0.307. The third-order valence-electron chi connectivity index (χ3n) is 3.48. The van der Waals surface area contributed by atoms with Crippen molar-refractivity contribution >= 4 is 0 Å². The predicted molar refractivity (Wildman–Crippen MR) is 72.9 cm³/mol. The van der Waals surface area contributed by atoms with Crippen molar-refractivity contribution in [3.05, 3.63) is 63.3 Å². The Labute approximate surface area is 107 Å². The Morgan fingerprint density at radius 3 is 2.28 bits per heavy atom. The van der Waals surface area contributed by atoms with Crippen LogP contribution in [0.2, 0.25) is 0 Å². The second-order valence-electron chi connectivity index (χ2n) is 5.12. The molecule has 94 valence electrons. The molecule has 1 aromatic heterocycles. The van der Waals surface area contributed by atoms with Gasteiger partial charge in [-0.2, -0.15) is 0 Å². The molecule has 0 spiro atoms. The van der Waals surface area contributed by atoms with Crippen LogP contribution in [-0.4, -0.2) is 9.97 Å². The maximum Gasteiger partial charge on any atom is 0.254 e. The van der Waals surface area contributed by atoms with Gasteiger partial charge >= 0.3 is 0 Å². The molecule has 0 unspecified atom stereocenters. The molecule has 1 heterocycles. The Hall–Kier alpha value is -1.90. The normalized spacial score (nSPS) is 11.6. The molecule has 0 saturated carbocycles. The lowest BCUT2D eigenvalue weighted by Gasteiger charge is -2.24. The molecule has 0 saturated heterocycles. The zero-order chi connectivity index (χ0) is 13.3. The summed E-state index contributed by atoms with van der Waals surface area (Å²) in [5.41, 5.74) is 2.25. The highest BCUT2D eigenvalue weighted by Crippen LogP contribution is 2.28. The second kappa shape index (κ2) is 4.41. The number of benzene rings is 1. The van der Waals surface area contributed by atoms with Gasteiger partial charge in [-0.25, -0.2) is 4.98 Å². The molecule has 2 aromatic rings. The highest BCUT2D eigenvalue weighted by molar-refractivity contribution is 5.31. The summed E-state index contributed by atoms with van der Waals surface area (Å²) in [5, 5.41) is 0. The van der Waals surface area contributed by atoms with Crippen LogP contribution in [0.25, 0.3) is 0 Å². The van der Waals surface area contributed by atoms with Crippen LogP contribution in [0.4, 0.5) is 0 Å². The molecule has 2 rings (SSSR count). The fraction of sp³-hybridized carbons (Fsp3) is 0.333. The molecule has 1 N–H and O–H groups in total. The first-order valence-electron chi connectivity index (χ1n) is 6.06. The molecular formula is C15H18N2O. The number of nitrogens with zero attached hydrogens (tertiary/aromatic N) is 1. The van der Waals surface area contributed by atoms with E-state index in [1.165, 1.54) is 0 Å². The molecule has 1 aromatic carbocycles. The van der Waals surface area contributed by atoms with Crippen molar-refractivity contribution in [3.8, 4) is 0 Å². The molecule has 0 radical (unpaired) electrons. The molecule has 0 amide bonds. The second-order valence-corrected chi connectivity index (χ2v) is 5.12. The van der Waals surface area contributed by atoms with Crippen LogP contribution >= 0.6 is 0 Å². The summed E-state index contributed by atoms with van der Waals surface area (Å²) in [6.07, 6.45) is 0. The predicted octanol–water partition coefficient (Wildman–Crippen LogP) is 2.71. The maximum atomic E-state index is 11.8.